The lowest BCUT2D eigenvalue weighted by Crippen LogP contribution is -2.00. The van der Waals surface area contributed by atoms with Crippen LogP contribution in [0.5, 0.6) is 0 Å². The molecule has 0 atom stereocenters. The predicted octanol–water partition coefficient (Wildman–Crippen LogP) is 4.04. The van der Waals surface area contributed by atoms with Gasteiger partial charge < -0.3 is 0 Å². The Balaban J connectivity index is 2.01. The van der Waals surface area contributed by atoms with E-state index >= 15 is 0 Å². The van der Waals surface area contributed by atoms with Crippen LogP contribution >= 0.6 is 23.1 Å². The number of hydrogen-bond donors (Lipinski definition) is 0. The third-order valence-corrected chi connectivity index (χ3v) is 4.39. The molecule has 4 heteroatoms. The molecule has 0 unspecified atom stereocenters. The van der Waals surface area contributed by atoms with Gasteiger partial charge in [0.2, 0.25) is 0 Å². The van der Waals surface area contributed by atoms with Gasteiger partial charge in [0.25, 0.3) is 0 Å². The second-order valence-corrected chi connectivity index (χ2v) is 6.53. The van der Waals surface area contributed by atoms with E-state index in [4.69, 9.17) is 0 Å². The number of aryl methyl sites for hydroxylation is 3. The third kappa shape index (κ3) is 3.43. The summed E-state index contributed by atoms with van der Waals surface area (Å²) in [4.78, 5) is 18.4. The fourth-order valence-corrected chi connectivity index (χ4v) is 3.48. The molecule has 0 aliphatic carbocycles. The second kappa shape index (κ2) is 5.67. The number of hydrogen-bond acceptors (Lipinski definition) is 4. The van der Waals surface area contributed by atoms with E-state index in [1.807, 2.05) is 45.0 Å². The summed E-state index contributed by atoms with van der Waals surface area (Å²) in [5.41, 5.74) is 2.18. The van der Waals surface area contributed by atoms with Crippen molar-refractivity contribution in [2.24, 2.45) is 0 Å². The molecule has 0 N–H and O–H groups in total. The highest BCUT2D eigenvalue weighted by atomic mass is 32.2. The van der Waals surface area contributed by atoms with Gasteiger partial charge in [-0.3, -0.25) is 4.79 Å². The molecule has 2 heterocycles. The first kappa shape index (κ1) is 13.3. The van der Waals surface area contributed by atoms with E-state index in [1.54, 1.807) is 11.3 Å². The van der Waals surface area contributed by atoms with E-state index in [0.717, 1.165) is 15.6 Å². The van der Waals surface area contributed by atoms with Crippen LogP contribution in [-0.4, -0.2) is 16.5 Å². The van der Waals surface area contributed by atoms with Crippen LogP contribution in [0.15, 0.2) is 29.3 Å². The summed E-state index contributed by atoms with van der Waals surface area (Å²) in [6.07, 6.45) is 0. The molecule has 2 aromatic rings. The van der Waals surface area contributed by atoms with Crippen LogP contribution in [0, 0.1) is 20.8 Å². The number of rotatable bonds is 4. The van der Waals surface area contributed by atoms with Gasteiger partial charge in [0, 0.05) is 10.6 Å². The molecule has 0 radical (unpaired) electrons. The van der Waals surface area contributed by atoms with E-state index in [2.05, 4.69) is 4.98 Å². The van der Waals surface area contributed by atoms with Crippen LogP contribution in [0.1, 0.15) is 25.8 Å². The summed E-state index contributed by atoms with van der Waals surface area (Å²) in [5.74, 6) is 0.634. The molecule has 94 valence electrons. The number of aromatic nitrogens is 1. The van der Waals surface area contributed by atoms with Gasteiger partial charge in [0.1, 0.15) is 0 Å². The van der Waals surface area contributed by atoms with Gasteiger partial charge in [-0.15, -0.1) is 11.3 Å². The van der Waals surface area contributed by atoms with Crippen LogP contribution in [0.4, 0.5) is 0 Å². The summed E-state index contributed by atoms with van der Waals surface area (Å²) in [5, 5.41) is 0.925. The number of carbonyl (C=O) groups is 1. The monoisotopic (exact) mass is 277 g/mol. The second-order valence-electron chi connectivity index (χ2n) is 4.25. The summed E-state index contributed by atoms with van der Waals surface area (Å²) in [6, 6.07) is 7.94. The molecule has 0 spiro atoms. The zero-order valence-electron chi connectivity index (χ0n) is 10.7. The Labute approximate surface area is 115 Å². The predicted molar refractivity (Wildman–Crippen MR) is 77.8 cm³/mol. The molecule has 0 aromatic carbocycles. The van der Waals surface area contributed by atoms with Gasteiger partial charge in [-0.1, -0.05) is 11.8 Å². The van der Waals surface area contributed by atoms with Crippen molar-refractivity contribution in [1.29, 1.82) is 0 Å². The standard InChI is InChI=1S/C14H15NOS2/c1-9-6-10(2)15-14(7-9)17-8-12(16)13-5-4-11(3)18-13/h4-7H,8H2,1-3H3. The molecule has 0 aliphatic rings. The average Bonchev–Trinajstić information content (AvgIpc) is 2.71. The van der Waals surface area contributed by atoms with Gasteiger partial charge in [0.15, 0.2) is 5.78 Å². The molecule has 2 aromatic heterocycles. The van der Waals surface area contributed by atoms with Crippen LogP contribution in [0.3, 0.4) is 0 Å². The number of carbonyl (C=O) groups excluding carboxylic acids is 1. The van der Waals surface area contributed by atoms with Crippen LogP contribution in [0.25, 0.3) is 0 Å². The first-order chi connectivity index (χ1) is 8.54. The summed E-state index contributed by atoms with van der Waals surface area (Å²) < 4.78 is 0. The normalized spacial score (nSPS) is 10.6. The van der Waals surface area contributed by atoms with Gasteiger partial charge in [-0.05, 0) is 50.6 Å². The number of thiophene rings is 1. The maximum atomic E-state index is 12.0. The van der Waals surface area contributed by atoms with E-state index < -0.39 is 0 Å². The van der Waals surface area contributed by atoms with Crippen molar-refractivity contribution >= 4 is 28.9 Å². The Morgan fingerprint density at radius 3 is 2.67 bits per heavy atom. The first-order valence-electron chi connectivity index (χ1n) is 5.72. The van der Waals surface area contributed by atoms with Crippen molar-refractivity contribution in [2.45, 2.75) is 25.8 Å². The molecule has 0 amide bonds. The number of nitrogens with zero attached hydrogens (tertiary/aromatic N) is 1. The minimum atomic E-state index is 0.180. The lowest BCUT2D eigenvalue weighted by Gasteiger charge is -2.02. The molecule has 0 aliphatic heterocycles. The van der Waals surface area contributed by atoms with Crippen LogP contribution in [0.2, 0.25) is 0 Å². The highest BCUT2D eigenvalue weighted by molar-refractivity contribution is 8.00. The van der Waals surface area contributed by atoms with Gasteiger partial charge in [-0.2, -0.15) is 0 Å². The minimum absolute atomic E-state index is 0.180. The Kier molecular flexibility index (Phi) is 4.19. The molecule has 18 heavy (non-hydrogen) atoms. The van der Waals surface area contributed by atoms with Crippen molar-refractivity contribution in [3.63, 3.8) is 0 Å². The molecular formula is C14H15NOS2. The zero-order chi connectivity index (χ0) is 13.1. The average molecular weight is 277 g/mol. The molecule has 2 nitrogen and oxygen atoms in total. The van der Waals surface area contributed by atoms with Gasteiger partial charge in [0.05, 0.1) is 15.7 Å². The Morgan fingerprint density at radius 1 is 1.28 bits per heavy atom. The lowest BCUT2D eigenvalue weighted by molar-refractivity contribution is 0.102. The molecule has 0 bridgehead atoms. The fraction of sp³-hybridized carbons (Fsp3) is 0.286. The van der Waals surface area contributed by atoms with E-state index in [-0.39, 0.29) is 5.78 Å². The van der Waals surface area contributed by atoms with Crippen LogP contribution < -0.4 is 0 Å². The van der Waals surface area contributed by atoms with E-state index in [1.165, 1.54) is 22.2 Å². The molecule has 0 saturated carbocycles. The highest BCUT2D eigenvalue weighted by Gasteiger charge is 2.09. The largest absolute Gasteiger partial charge is 0.292 e. The minimum Gasteiger partial charge on any atom is -0.292 e. The first-order valence-corrected chi connectivity index (χ1v) is 7.52. The molecule has 2 rings (SSSR count). The van der Waals surface area contributed by atoms with E-state index in [0.29, 0.717) is 5.75 Å². The maximum absolute atomic E-state index is 12.0. The van der Waals surface area contributed by atoms with Gasteiger partial charge in [-0.25, -0.2) is 4.98 Å². The lowest BCUT2D eigenvalue weighted by atomic mass is 10.3. The van der Waals surface area contributed by atoms with Crippen LogP contribution in [-0.2, 0) is 0 Å². The summed E-state index contributed by atoms with van der Waals surface area (Å²) >= 11 is 3.06. The summed E-state index contributed by atoms with van der Waals surface area (Å²) in [6.45, 7) is 6.03. The SMILES string of the molecule is Cc1cc(C)nc(SCC(=O)c2ccc(C)s2)c1. The van der Waals surface area contributed by atoms with Crippen molar-refractivity contribution in [1.82, 2.24) is 4.98 Å². The highest BCUT2D eigenvalue weighted by Crippen LogP contribution is 2.22. The smallest absolute Gasteiger partial charge is 0.183 e. The number of ketones is 1. The van der Waals surface area contributed by atoms with Crippen molar-refractivity contribution in [2.75, 3.05) is 5.75 Å². The number of Topliss-reactive ketones (excluding diaryl/α,β-unsaturated/α-hetero) is 1. The maximum Gasteiger partial charge on any atom is 0.183 e. The molecular weight excluding hydrogens is 262 g/mol. The van der Waals surface area contributed by atoms with Crippen molar-refractivity contribution in [3.05, 3.63) is 45.3 Å². The van der Waals surface area contributed by atoms with Crippen molar-refractivity contribution in [3.8, 4) is 0 Å². The Bertz CT molecular complexity index is 555. The fourth-order valence-electron chi connectivity index (χ4n) is 1.67. The van der Waals surface area contributed by atoms with E-state index in [9.17, 15) is 4.79 Å². The summed E-state index contributed by atoms with van der Waals surface area (Å²) in [7, 11) is 0. The Morgan fingerprint density at radius 2 is 2.06 bits per heavy atom. The quantitative estimate of drug-likeness (QED) is 0.624. The molecule has 0 fully saturated rings. The zero-order valence-corrected chi connectivity index (χ0v) is 12.3. The third-order valence-electron chi connectivity index (χ3n) is 2.44. The topological polar surface area (TPSA) is 30.0 Å². The molecule has 0 saturated heterocycles. The number of thioether (sulfide) groups is 1. The Hall–Kier alpha value is -1.13. The number of pyridine rings is 1. The van der Waals surface area contributed by atoms with Gasteiger partial charge >= 0.3 is 0 Å². The van der Waals surface area contributed by atoms with Crippen molar-refractivity contribution < 1.29 is 4.79 Å².